The van der Waals surface area contributed by atoms with E-state index in [1.165, 1.54) is 10.4 Å². The van der Waals surface area contributed by atoms with E-state index in [2.05, 4.69) is 6.92 Å². The van der Waals surface area contributed by atoms with Crippen molar-refractivity contribution in [2.45, 2.75) is 32.8 Å². The largest absolute Gasteiger partial charge is 0.457 e. The maximum absolute atomic E-state index is 12.3. The first kappa shape index (κ1) is 15.7. The molecule has 0 saturated heterocycles. The van der Waals surface area contributed by atoms with Gasteiger partial charge in [0.2, 0.25) is 5.91 Å². The van der Waals surface area contributed by atoms with Crippen LogP contribution in [0.4, 0.5) is 0 Å². The van der Waals surface area contributed by atoms with Crippen molar-refractivity contribution in [3.63, 3.8) is 0 Å². The van der Waals surface area contributed by atoms with Crippen LogP contribution in [0.25, 0.3) is 0 Å². The van der Waals surface area contributed by atoms with Crippen molar-refractivity contribution in [1.29, 1.82) is 0 Å². The maximum atomic E-state index is 12.3. The molecule has 1 aliphatic rings. The number of hydrogen-bond donors (Lipinski definition) is 1. The molecular weight excluding hydrogens is 310 g/mol. The second kappa shape index (κ2) is 6.54. The van der Waals surface area contributed by atoms with Gasteiger partial charge in [0, 0.05) is 15.8 Å². The molecule has 0 fully saturated rings. The monoisotopic (exact) mass is 329 g/mol. The van der Waals surface area contributed by atoms with Gasteiger partial charge in [0.1, 0.15) is 6.61 Å². The minimum atomic E-state index is -0.465. The Morgan fingerprint density at radius 1 is 1.30 bits per heavy atom. The fourth-order valence-corrected chi connectivity index (χ4v) is 4.07. The van der Waals surface area contributed by atoms with Crippen LogP contribution in [-0.4, -0.2) is 11.9 Å². The average molecular weight is 329 g/mol. The van der Waals surface area contributed by atoms with Crippen LogP contribution in [0.15, 0.2) is 29.6 Å². The fourth-order valence-electron chi connectivity index (χ4n) is 2.84. The average Bonchev–Trinajstić information content (AvgIpc) is 2.96. The predicted molar refractivity (Wildman–Crippen MR) is 89.6 cm³/mol. The van der Waals surface area contributed by atoms with Gasteiger partial charge in [-0.3, -0.25) is 4.79 Å². The third-order valence-corrected chi connectivity index (χ3v) is 5.28. The van der Waals surface area contributed by atoms with Gasteiger partial charge in [-0.05, 0) is 48.4 Å². The molecule has 1 aromatic heterocycles. The molecule has 2 N–H and O–H groups in total. The second-order valence-electron chi connectivity index (χ2n) is 6.04. The number of rotatable bonds is 4. The summed E-state index contributed by atoms with van der Waals surface area (Å²) >= 11 is 1.66. The molecule has 1 aliphatic carbocycles. The molecule has 1 amide bonds. The molecule has 1 aromatic carbocycles. The van der Waals surface area contributed by atoms with Crippen molar-refractivity contribution >= 4 is 23.2 Å². The molecule has 4 nitrogen and oxygen atoms in total. The maximum Gasteiger partial charge on any atom is 0.339 e. The smallest absolute Gasteiger partial charge is 0.339 e. The summed E-state index contributed by atoms with van der Waals surface area (Å²) in [6.45, 7) is 2.44. The van der Waals surface area contributed by atoms with E-state index in [1.807, 2.05) is 5.38 Å². The zero-order valence-electron chi connectivity index (χ0n) is 13.0. The van der Waals surface area contributed by atoms with Gasteiger partial charge in [-0.1, -0.05) is 19.1 Å². The highest BCUT2D eigenvalue weighted by Crippen LogP contribution is 2.33. The third kappa shape index (κ3) is 3.45. The molecule has 5 heteroatoms. The number of benzene rings is 1. The molecule has 0 saturated carbocycles. The molecule has 23 heavy (non-hydrogen) atoms. The number of nitrogens with two attached hydrogens (primary N) is 1. The minimum absolute atomic E-state index is 0.193. The molecule has 1 atom stereocenters. The lowest BCUT2D eigenvalue weighted by atomic mass is 9.88. The van der Waals surface area contributed by atoms with Gasteiger partial charge in [-0.2, -0.15) is 0 Å². The zero-order chi connectivity index (χ0) is 16.4. The van der Waals surface area contributed by atoms with Crippen molar-refractivity contribution in [3.05, 3.63) is 56.8 Å². The molecule has 0 radical (unpaired) electrons. The van der Waals surface area contributed by atoms with E-state index in [1.54, 1.807) is 35.6 Å². The lowest BCUT2D eigenvalue weighted by molar-refractivity contribution is 0.0471. The number of thiophene rings is 1. The Labute approximate surface area is 139 Å². The van der Waals surface area contributed by atoms with E-state index in [0.717, 1.165) is 24.8 Å². The summed E-state index contributed by atoms with van der Waals surface area (Å²) in [5, 5.41) is 1.92. The third-order valence-electron chi connectivity index (χ3n) is 4.23. The van der Waals surface area contributed by atoms with Gasteiger partial charge in [-0.15, -0.1) is 11.3 Å². The quantitative estimate of drug-likeness (QED) is 0.875. The summed E-state index contributed by atoms with van der Waals surface area (Å²) in [6, 6.07) is 6.77. The highest BCUT2D eigenvalue weighted by Gasteiger charge is 2.23. The number of carbonyl (C=O) groups is 2. The molecule has 3 rings (SSSR count). The summed E-state index contributed by atoms with van der Waals surface area (Å²) < 4.78 is 5.42. The molecule has 0 aliphatic heterocycles. The Hall–Kier alpha value is -2.14. The molecule has 0 unspecified atom stereocenters. The second-order valence-corrected chi connectivity index (χ2v) is 7.00. The fraction of sp³-hybridized carbons (Fsp3) is 0.333. The molecule has 0 bridgehead atoms. The predicted octanol–water partition coefficient (Wildman–Crippen LogP) is 3.33. The van der Waals surface area contributed by atoms with E-state index in [4.69, 9.17) is 10.5 Å². The van der Waals surface area contributed by atoms with Crippen LogP contribution in [0, 0.1) is 5.92 Å². The highest BCUT2D eigenvalue weighted by atomic mass is 32.1. The summed E-state index contributed by atoms with van der Waals surface area (Å²) in [6.07, 6.45) is 3.14. The first-order valence-corrected chi connectivity index (χ1v) is 8.57. The van der Waals surface area contributed by atoms with Crippen molar-refractivity contribution < 1.29 is 14.3 Å². The molecular formula is C18H19NO3S. The minimum Gasteiger partial charge on any atom is -0.457 e. The Morgan fingerprint density at radius 3 is 2.74 bits per heavy atom. The summed E-state index contributed by atoms with van der Waals surface area (Å²) in [5.74, 6) is -0.0440. The highest BCUT2D eigenvalue weighted by molar-refractivity contribution is 7.10. The van der Waals surface area contributed by atoms with E-state index in [0.29, 0.717) is 17.0 Å². The van der Waals surface area contributed by atoms with Gasteiger partial charge < -0.3 is 10.5 Å². The van der Waals surface area contributed by atoms with E-state index >= 15 is 0 Å². The normalized spacial score (nSPS) is 16.7. The number of carbonyl (C=O) groups excluding carboxylic acids is 2. The molecule has 2 aromatic rings. The number of esters is 1. The van der Waals surface area contributed by atoms with Crippen LogP contribution in [0.3, 0.4) is 0 Å². The van der Waals surface area contributed by atoms with Crippen molar-refractivity contribution in [2.24, 2.45) is 11.7 Å². The van der Waals surface area contributed by atoms with Gasteiger partial charge in [0.15, 0.2) is 0 Å². The zero-order valence-corrected chi connectivity index (χ0v) is 13.8. The van der Waals surface area contributed by atoms with Crippen LogP contribution in [0.2, 0.25) is 0 Å². The number of hydrogen-bond acceptors (Lipinski definition) is 4. The Kier molecular flexibility index (Phi) is 4.48. The van der Waals surface area contributed by atoms with Crippen molar-refractivity contribution in [3.8, 4) is 0 Å². The Balaban J connectivity index is 1.65. The molecule has 120 valence electrons. The number of amides is 1. The summed E-state index contributed by atoms with van der Waals surface area (Å²) in [5.41, 5.74) is 8.36. The topological polar surface area (TPSA) is 69.4 Å². The number of ether oxygens (including phenoxy) is 1. The van der Waals surface area contributed by atoms with Crippen LogP contribution >= 0.6 is 11.3 Å². The van der Waals surface area contributed by atoms with Gasteiger partial charge in [0.25, 0.3) is 0 Å². The number of fused-ring (bicyclic) bond motifs is 1. The number of primary amides is 1. The Morgan fingerprint density at radius 2 is 2.04 bits per heavy atom. The van der Waals surface area contributed by atoms with Crippen LogP contribution in [0.5, 0.6) is 0 Å². The van der Waals surface area contributed by atoms with Crippen LogP contribution in [-0.2, 0) is 24.2 Å². The van der Waals surface area contributed by atoms with E-state index in [-0.39, 0.29) is 12.6 Å². The summed E-state index contributed by atoms with van der Waals surface area (Å²) in [7, 11) is 0. The first-order chi connectivity index (χ1) is 11.0. The molecule has 0 spiro atoms. The summed E-state index contributed by atoms with van der Waals surface area (Å²) in [4.78, 5) is 24.7. The van der Waals surface area contributed by atoms with Crippen molar-refractivity contribution in [2.75, 3.05) is 0 Å². The lowest BCUT2D eigenvalue weighted by Crippen LogP contribution is -2.13. The first-order valence-electron chi connectivity index (χ1n) is 7.69. The van der Waals surface area contributed by atoms with E-state index < -0.39 is 5.91 Å². The standard InChI is InChI=1S/C18H19NO3S/c1-11-2-7-14-15(10-23-16(14)8-11)18(21)22-9-12-3-5-13(6-4-12)17(19)20/h3-6,10-11H,2,7-9H2,1H3,(H2,19,20)/t11-/m0/s1. The van der Waals surface area contributed by atoms with Gasteiger partial charge in [0.05, 0.1) is 5.56 Å². The molecule has 1 heterocycles. The SMILES string of the molecule is C[C@H]1CCc2c(C(=O)OCc3ccc(C(N)=O)cc3)csc2C1. The van der Waals surface area contributed by atoms with Crippen LogP contribution in [0.1, 0.15) is 50.1 Å². The van der Waals surface area contributed by atoms with Crippen molar-refractivity contribution in [1.82, 2.24) is 0 Å². The van der Waals surface area contributed by atoms with Gasteiger partial charge in [-0.25, -0.2) is 4.79 Å². The Bertz CT molecular complexity index is 733. The lowest BCUT2D eigenvalue weighted by Gasteiger charge is -2.18. The van der Waals surface area contributed by atoms with Gasteiger partial charge >= 0.3 is 5.97 Å². The van der Waals surface area contributed by atoms with Crippen LogP contribution < -0.4 is 5.73 Å². The van der Waals surface area contributed by atoms with E-state index in [9.17, 15) is 9.59 Å².